The maximum absolute atomic E-state index is 5.51. The van der Waals surface area contributed by atoms with E-state index in [1.54, 1.807) is 0 Å². The van der Waals surface area contributed by atoms with E-state index in [1.165, 1.54) is 5.56 Å². The van der Waals surface area contributed by atoms with E-state index >= 15 is 0 Å². The van der Waals surface area contributed by atoms with Crippen molar-refractivity contribution in [3.63, 3.8) is 0 Å². The van der Waals surface area contributed by atoms with Crippen LogP contribution in [-0.4, -0.2) is 22.3 Å². The minimum absolute atomic E-state index is 0.765. The number of rotatable bonds is 3. The first kappa shape index (κ1) is 11.5. The molecule has 0 bridgehead atoms. The first-order valence-electron chi connectivity index (χ1n) is 6.06. The van der Waals surface area contributed by atoms with Gasteiger partial charge < -0.3 is 4.74 Å². The summed E-state index contributed by atoms with van der Waals surface area (Å²) in [6.07, 6.45) is 3.59. The molecule has 18 heavy (non-hydrogen) atoms. The maximum atomic E-state index is 5.51. The number of thiol groups is 1. The van der Waals surface area contributed by atoms with Crippen LogP contribution in [0.4, 0.5) is 0 Å². The molecule has 1 aromatic heterocycles. The van der Waals surface area contributed by atoms with Gasteiger partial charge in [-0.05, 0) is 35.6 Å². The number of aryl methyl sites for hydroxylation is 1. The van der Waals surface area contributed by atoms with Crippen LogP contribution in [0.3, 0.4) is 0 Å². The van der Waals surface area contributed by atoms with Crippen molar-refractivity contribution in [3.05, 3.63) is 41.9 Å². The molecule has 0 unspecified atom stereocenters. The van der Waals surface area contributed by atoms with Crippen molar-refractivity contribution in [2.45, 2.75) is 12.8 Å². The van der Waals surface area contributed by atoms with Crippen LogP contribution < -0.4 is 4.74 Å². The Hall–Kier alpha value is -1.55. The molecule has 1 aliphatic heterocycles. The van der Waals surface area contributed by atoms with Crippen LogP contribution in [0.1, 0.15) is 11.4 Å². The van der Waals surface area contributed by atoms with E-state index in [2.05, 4.69) is 34.7 Å². The average Bonchev–Trinajstić information content (AvgIpc) is 2.86. The number of fused-ring (bicyclic) bond motifs is 1. The predicted octanol–water partition coefficient (Wildman–Crippen LogP) is 2.55. The summed E-state index contributed by atoms with van der Waals surface area (Å²) in [7, 11) is 0. The lowest BCUT2D eigenvalue weighted by atomic mass is 10.1. The highest BCUT2D eigenvalue weighted by atomic mass is 32.1. The molecule has 92 valence electrons. The zero-order valence-electron chi connectivity index (χ0n) is 9.97. The van der Waals surface area contributed by atoms with Gasteiger partial charge in [-0.2, -0.15) is 12.6 Å². The third-order valence-corrected chi connectivity index (χ3v) is 3.25. The number of aromatic nitrogens is 2. The summed E-state index contributed by atoms with van der Waals surface area (Å²) in [5.41, 5.74) is 3.36. The summed E-state index contributed by atoms with van der Waals surface area (Å²) in [6, 6.07) is 8.18. The fraction of sp³-hybridized carbons (Fsp3) is 0.286. The molecule has 3 rings (SSSR count). The van der Waals surface area contributed by atoms with E-state index in [0.29, 0.717) is 0 Å². The third kappa shape index (κ3) is 2.20. The van der Waals surface area contributed by atoms with E-state index in [0.717, 1.165) is 48.0 Å². The average molecular weight is 258 g/mol. The Kier molecular flexibility index (Phi) is 3.19. The van der Waals surface area contributed by atoms with E-state index < -0.39 is 0 Å². The maximum Gasteiger partial charge on any atom is 0.129 e. The normalized spacial score (nSPS) is 13.2. The van der Waals surface area contributed by atoms with E-state index in [1.807, 2.05) is 18.3 Å². The minimum atomic E-state index is 0.765. The predicted molar refractivity (Wildman–Crippen MR) is 74.2 cm³/mol. The van der Waals surface area contributed by atoms with Gasteiger partial charge in [0, 0.05) is 24.6 Å². The van der Waals surface area contributed by atoms with Crippen molar-refractivity contribution in [1.29, 1.82) is 0 Å². The van der Waals surface area contributed by atoms with Crippen molar-refractivity contribution in [3.8, 4) is 17.0 Å². The van der Waals surface area contributed by atoms with Crippen molar-refractivity contribution in [1.82, 2.24) is 9.97 Å². The molecule has 3 nitrogen and oxygen atoms in total. The minimum Gasteiger partial charge on any atom is -0.493 e. The fourth-order valence-electron chi connectivity index (χ4n) is 2.13. The highest BCUT2D eigenvalue weighted by molar-refractivity contribution is 7.80. The molecular formula is C14H14N2OS. The van der Waals surface area contributed by atoms with E-state index in [-0.39, 0.29) is 0 Å². The molecule has 0 N–H and O–H groups in total. The largest absolute Gasteiger partial charge is 0.493 e. The molecule has 0 aliphatic carbocycles. The van der Waals surface area contributed by atoms with Gasteiger partial charge in [-0.3, -0.25) is 0 Å². The topological polar surface area (TPSA) is 35.0 Å². The molecule has 0 saturated carbocycles. The van der Waals surface area contributed by atoms with E-state index in [9.17, 15) is 0 Å². The smallest absolute Gasteiger partial charge is 0.129 e. The highest BCUT2D eigenvalue weighted by Crippen LogP contribution is 2.29. The number of hydrogen-bond donors (Lipinski definition) is 1. The van der Waals surface area contributed by atoms with Gasteiger partial charge in [0.05, 0.1) is 12.3 Å². The van der Waals surface area contributed by atoms with Gasteiger partial charge in [0.1, 0.15) is 11.6 Å². The molecule has 0 radical (unpaired) electrons. The Morgan fingerprint density at radius 3 is 3.11 bits per heavy atom. The first-order chi connectivity index (χ1) is 8.86. The van der Waals surface area contributed by atoms with Gasteiger partial charge in [0.25, 0.3) is 0 Å². The summed E-state index contributed by atoms with van der Waals surface area (Å²) < 4.78 is 5.51. The van der Waals surface area contributed by atoms with Gasteiger partial charge in [0.2, 0.25) is 0 Å². The van der Waals surface area contributed by atoms with Gasteiger partial charge >= 0.3 is 0 Å². The number of benzene rings is 1. The zero-order valence-corrected chi connectivity index (χ0v) is 10.9. The number of nitrogens with zero attached hydrogens (tertiary/aromatic N) is 2. The molecule has 0 amide bonds. The molecule has 1 aromatic carbocycles. The van der Waals surface area contributed by atoms with Gasteiger partial charge in [-0.15, -0.1) is 0 Å². The molecule has 0 spiro atoms. The summed E-state index contributed by atoms with van der Waals surface area (Å²) in [5, 5.41) is 0. The second kappa shape index (κ2) is 4.98. The molecular weight excluding hydrogens is 244 g/mol. The Morgan fingerprint density at radius 2 is 2.22 bits per heavy atom. The van der Waals surface area contributed by atoms with Crippen molar-refractivity contribution in [2.75, 3.05) is 12.4 Å². The van der Waals surface area contributed by atoms with Crippen molar-refractivity contribution < 1.29 is 4.74 Å². The molecule has 2 aromatic rings. The summed E-state index contributed by atoms with van der Waals surface area (Å²) in [6.45, 7) is 0.785. The van der Waals surface area contributed by atoms with Crippen LogP contribution in [0.15, 0.2) is 30.5 Å². The number of ether oxygens (including phenoxy) is 1. The second-order valence-electron chi connectivity index (χ2n) is 4.25. The third-order valence-electron chi connectivity index (χ3n) is 3.03. The molecule has 1 aliphatic rings. The van der Waals surface area contributed by atoms with Crippen LogP contribution in [0.25, 0.3) is 11.3 Å². The lowest BCUT2D eigenvalue weighted by molar-refractivity contribution is 0.357. The first-order valence-corrected chi connectivity index (χ1v) is 6.69. The van der Waals surface area contributed by atoms with Gasteiger partial charge in [-0.1, -0.05) is 0 Å². The second-order valence-corrected chi connectivity index (χ2v) is 4.70. The Labute approximate surface area is 112 Å². The molecule has 2 heterocycles. The highest BCUT2D eigenvalue weighted by Gasteiger charge is 2.13. The molecule has 0 atom stereocenters. The van der Waals surface area contributed by atoms with Crippen LogP contribution >= 0.6 is 12.6 Å². The van der Waals surface area contributed by atoms with Crippen LogP contribution in [0.5, 0.6) is 5.75 Å². The number of hydrogen-bond acceptors (Lipinski definition) is 4. The lowest BCUT2D eigenvalue weighted by Crippen LogP contribution is -1.97. The quantitative estimate of drug-likeness (QED) is 0.859. The lowest BCUT2D eigenvalue weighted by Gasteiger charge is -2.05. The van der Waals surface area contributed by atoms with Gasteiger partial charge in [0.15, 0.2) is 0 Å². The summed E-state index contributed by atoms with van der Waals surface area (Å²) in [5.74, 6) is 2.62. The Bertz CT molecular complexity index is 571. The summed E-state index contributed by atoms with van der Waals surface area (Å²) in [4.78, 5) is 8.80. The van der Waals surface area contributed by atoms with Crippen LogP contribution in [-0.2, 0) is 12.8 Å². The molecule has 0 saturated heterocycles. The Morgan fingerprint density at radius 1 is 1.28 bits per heavy atom. The van der Waals surface area contributed by atoms with Crippen LogP contribution in [0.2, 0.25) is 0 Å². The Balaban J connectivity index is 1.96. The fourth-order valence-corrected chi connectivity index (χ4v) is 2.33. The van der Waals surface area contributed by atoms with Crippen LogP contribution in [0, 0.1) is 0 Å². The van der Waals surface area contributed by atoms with Crippen molar-refractivity contribution >= 4 is 12.6 Å². The van der Waals surface area contributed by atoms with Gasteiger partial charge in [-0.25, -0.2) is 9.97 Å². The van der Waals surface area contributed by atoms with E-state index in [4.69, 9.17) is 4.74 Å². The monoisotopic (exact) mass is 258 g/mol. The van der Waals surface area contributed by atoms with Crippen molar-refractivity contribution in [2.24, 2.45) is 0 Å². The SMILES string of the molecule is SCCc1nccc(-c2ccc3c(c2)CCO3)n1. The molecule has 0 fully saturated rings. The molecule has 4 heteroatoms. The summed E-state index contributed by atoms with van der Waals surface area (Å²) >= 11 is 4.21. The standard InChI is InChI=1S/C14H14N2OS/c18-8-5-14-15-6-3-12(16-14)10-1-2-13-11(9-10)4-7-17-13/h1-3,6,9,18H,4-5,7-8H2. The zero-order chi connectivity index (χ0) is 12.4.